The van der Waals surface area contributed by atoms with Gasteiger partial charge in [-0.15, -0.1) is 12.4 Å². The van der Waals surface area contributed by atoms with Crippen LogP contribution in [0.2, 0.25) is 0 Å². The third kappa shape index (κ3) is 6.69. The second kappa shape index (κ2) is 11.5. The number of nitrogens with zero attached hydrogens (tertiary/aromatic N) is 1. The third-order valence-corrected chi connectivity index (χ3v) is 4.09. The molecule has 1 unspecified atom stereocenters. The molecule has 1 aromatic heterocycles. The van der Waals surface area contributed by atoms with Gasteiger partial charge in [-0.25, -0.2) is 4.98 Å². The molecule has 28 heavy (non-hydrogen) atoms. The Bertz CT molecular complexity index is 753. The second-order valence-electron chi connectivity index (χ2n) is 6.72. The fourth-order valence-electron chi connectivity index (χ4n) is 2.63. The van der Waals surface area contributed by atoms with Crippen LogP contribution in [0, 0.1) is 0 Å². The van der Waals surface area contributed by atoms with E-state index in [0.29, 0.717) is 30.4 Å². The van der Waals surface area contributed by atoms with Crippen molar-refractivity contribution in [3.63, 3.8) is 0 Å². The summed E-state index contributed by atoms with van der Waals surface area (Å²) in [4.78, 5) is 16.7. The first-order valence-electron chi connectivity index (χ1n) is 9.38. The van der Waals surface area contributed by atoms with E-state index in [0.717, 1.165) is 18.4 Å². The average molecular weight is 408 g/mol. The normalized spacial score (nSPS) is 12.4. The number of hydrogen-bond acceptors (Lipinski definition) is 5. The summed E-state index contributed by atoms with van der Waals surface area (Å²) in [7, 11) is 0. The quantitative estimate of drug-likeness (QED) is 0.615. The van der Waals surface area contributed by atoms with Gasteiger partial charge in [0.2, 0.25) is 11.8 Å². The summed E-state index contributed by atoms with van der Waals surface area (Å²) in [5.41, 5.74) is 5.96. The van der Waals surface area contributed by atoms with Crippen molar-refractivity contribution in [3.8, 4) is 17.4 Å². The van der Waals surface area contributed by atoms with Gasteiger partial charge in [-0.1, -0.05) is 38.5 Å². The van der Waals surface area contributed by atoms with E-state index in [4.69, 9.17) is 15.2 Å². The Morgan fingerprint density at radius 2 is 1.86 bits per heavy atom. The van der Waals surface area contributed by atoms with Crippen LogP contribution in [0.3, 0.4) is 0 Å². The molecule has 0 bridgehead atoms. The number of carbonyl (C=O) groups is 1. The number of halogens is 1. The molecular formula is C21H30ClN3O3. The van der Waals surface area contributed by atoms with Gasteiger partial charge in [0.15, 0.2) is 11.5 Å². The monoisotopic (exact) mass is 407 g/mol. The molecule has 1 aromatic carbocycles. The van der Waals surface area contributed by atoms with Gasteiger partial charge in [0.05, 0.1) is 12.1 Å². The van der Waals surface area contributed by atoms with E-state index in [2.05, 4.69) is 10.3 Å². The molecule has 154 valence electrons. The number of nitrogens with two attached hydrogens (primary N) is 1. The molecule has 1 amide bonds. The lowest BCUT2D eigenvalue weighted by molar-refractivity contribution is -0.126. The number of amides is 1. The highest BCUT2D eigenvalue weighted by molar-refractivity contribution is 5.85. The molecule has 0 saturated carbocycles. The van der Waals surface area contributed by atoms with Crippen LogP contribution < -0.4 is 20.5 Å². The minimum atomic E-state index is -0.890. The van der Waals surface area contributed by atoms with E-state index in [9.17, 15) is 4.79 Å². The van der Waals surface area contributed by atoms with Crippen molar-refractivity contribution in [1.82, 2.24) is 10.3 Å². The van der Waals surface area contributed by atoms with E-state index in [1.165, 1.54) is 0 Å². The largest absolute Gasteiger partial charge is 0.490 e. The summed E-state index contributed by atoms with van der Waals surface area (Å²) in [6, 6.07) is 11.1. The van der Waals surface area contributed by atoms with Gasteiger partial charge in [-0.2, -0.15) is 0 Å². The van der Waals surface area contributed by atoms with E-state index < -0.39 is 5.54 Å². The summed E-state index contributed by atoms with van der Waals surface area (Å²) < 4.78 is 11.7. The number of rotatable bonds is 10. The van der Waals surface area contributed by atoms with E-state index in [1.54, 1.807) is 13.1 Å². The van der Waals surface area contributed by atoms with Crippen molar-refractivity contribution >= 4 is 18.3 Å². The first-order valence-corrected chi connectivity index (χ1v) is 9.38. The van der Waals surface area contributed by atoms with Crippen LogP contribution in [0.5, 0.6) is 17.4 Å². The molecule has 3 N–H and O–H groups in total. The lowest BCUT2D eigenvalue weighted by Crippen LogP contribution is -2.51. The molecule has 0 aliphatic rings. The van der Waals surface area contributed by atoms with Crippen molar-refractivity contribution in [2.45, 2.75) is 52.1 Å². The first-order chi connectivity index (χ1) is 13.0. The molecule has 0 saturated heterocycles. The number of para-hydroxylation sites is 2. The summed E-state index contributed by atoms with van der Waals surface area (Å²) in [6.07, 6.45) is 4.03. The van der Waals surface area contributed by atoms with Gasteiger partial charge in [0.25, 0.3) is 0 Å². The molecule has 6 nitrogen and oxygen atoms in total. The Morgan fingerprint density at radius 1 is 1.14 bits per heavy atom. The molecule has 2 rings (SSSR count). The third-order valence-electron chi connectivity index (χ3n) is 4.09. The molecule has 1 atom stereocenters. The molecular weight excluding hydrogens is 378 g/mol. The summed E-state index contributed by atoms with van der Waals surface area (Å²) in [6.45, 7) is 6.69. The average Bonchev–Trinajstić information content (AvgIpc) is 2.66. The van der Waals surface area contributed by atoms with Gasteiger partial charge in [-0.05, 0) is 38.0 Å². The summed E-state index contributed by atoms with van der Waals surface area (Å²) in [5, 5.41) is 2.88. The zero-order valence-corrected chi connectivity index (χ0v) is 17.6. The van der Waals surface area contributed by atoms with Crippen molar-refractivity contribution < 1.29 is 14.3 Å². The minimum Gasteiger partial charge on any atom is -0.490 e. The van der Waals surface area contributed by atoms with Gasteiger partial charge in [0.1, 0.15) is 0 Å². The Morgan fingerprint density at radius 3 is 2.54 bits per heavy atom. The van der Waals surface area contributed by atoms with E-state index >= 15 is 0 Å². The first kappa shape index (κ1) is 23.7. The SMILES string of the molecule is CCCOc1ccccc1Oc1ncccc1CNC(=O)C(C)(N)CCC.Cl. The molecule has 0 aliphatic heterocycles. The highest BCUT2D eigenvalue weighted by atomic mass is 35.5. The Labute approximate surface area is 173 Å². The number of hydrogen-bond donors (Lipinski definition) is 2. The number of benzene rings is 1. The number of ether oxygens (including phenoxy) is 2. The zero-order chi connectivity index (χ0) is 19.7. The number of pyridine rings is 1. The summed E-state index contributed by atoms with van der Waals surface area (Å²) >= 11 is 0. The van der Waals surface area contributed by atoms with Gasteiger partial charge >= 0.3 is 0 Å². The van der Waals surface area contributed by atoms with Crippen molar-refractivity contribution in [3.05, 3.63) is 48.2 Å². The van der Waals surface area contributed by atoms with Crippen molar-refractivity contribution in [2.24, 2.45) is 5.73 Å². The highest BCUT2D eigenvalue weighted by Crippen LogP contribution is 2.31. The standard InChI is InChI=1S/C21H29N3O3.ClH/c1-4-12-21(3,22)20(25)24-15-16-9-8-13-23-19(16)27-18-11-7-6-10-17(18)26-14-5-2;/h6-11,13H,4-5,12,14-15,22H2,1-3H3,(H,24,25);1H. The molecule has 0 spiro atoms. The fraction of sp³-hybridized carbons (Fsp3) is 0.429. The molecule has 1 heterocycles. The minimum absolute atomic E-state index is 0. The van der Waals surface area contributed by atoms with Crippen molar-refractivity contribution in [2.75, 3.05) is 6.61 Å². The van der Waals surface area contributed by atoms with Crippen LogP contribution in [-0.4, -0.2) is 23.0 Å². The van der Waals surface area contributed by atoms with Crippen LogP contribution in [-0.2, 0) is 11.3 Å². The lowest BCUT2D eigenvalue weighted by atomic mass is 9.96. The van der Waals surface area contributed by atoms with Crippen LogP contribution in [0.15, 0.2) is 42.6 Å². The fourth-order valence-corrected chi connectivity index (χ4v) is 2.63. The Kier molecular flexibility index (Phi) is 9.76. The van der Waals surface area contributed by atoms with Crippen LogP contribution in [0.25, 0.3) is 0 Å². The van der Waals surface area contributed by atoms with Crippen LogP contribution >= 0.6 is 12.4 Å². The maximum atomic E-state index is 12.4. The van der Waals surface area contributed by atoms with Crippen molar-refractivity contribution in [1.29, 1.82) is 0 Å². The maximum Gasteiger partial charge on any atom is 0.240 e. The van der Waals surface area contributed by atoms with Crippen LogP contribution in [0.4, 0.5) is 0 Å². The smallest absolute Gasteiger partial charge is 0.240 e. The zero-order valence-electron chi connectivity index (χ0n) is 16.7. The highest BCUT2D eigenvalue weighted by Gasteiger charge is 2.27. The maximum absolute atomic E-state index is 12.4. The molecule has 0 aliphatic carbocycles. The van der Waals surface area contributed by atoms with Crippen LogP contribution in [0.1, 0.15) is 45.6 Å². The number of aromatic nitrogens is 1. The van der Waals surface area contributed by atoms with E-state index in [-0.39, 0.29) is 24.9 Å². The molecule has 0 radical (unpaired) electrons. The van der Waals surface area contributed by atoms with E-state index in [1.807, 2.05) is 50.2 Å². The Balaban J connectivity index is 0.00000392. The number of carbonyl (C=O) groups excluding carboxylic acids is 1. The summed E-state index contributed by atoms with van der Waals surface area (Å²) in [5.74, 6) is 1.50. The van der Waals surface area contributed by atoms with Gasteiger partial charge < -0.3 is 20.5 Å². The molecule has 2 aromatic rings. The predicted octanol–water partition coefficient (Wildman–Crippen LogP) is 4.22. The topological polar surface area (TPSA) is 86.5 Å². The molecule has 7 heteroatoms. The predicted molar refractivity (Wildman–Crippen MR) is 113 cm³/mol. The van der Waals surface area contributed by atoms with Gasteiger partial charge in [0, 0.05) is 18.3 Å². The lowest BCUT2D eigenvalue weighted by Gasteiger charge is -2.23. The molecule has 0 fully saturated rings. The van der Waals surface area contributed by atoms with Gasteiger partial charge in [-0.3, -0.25) is 4.79 Å². The Hall–Kier alpha value is -2.31. The second-order valence-corrected chi connectivity index (χ2v) is 6.72. The number of nitrogens with one attached hydrogen (secondary N) is 1.